The SMILES string of the molecule is O=C(CN(Cc1cccc(Cl)c1)S(=O)(=O)c1ccc(Cl)cc1)N/N=C\c1ccco1. The lowest BCUT2D eigenvalue weighted by Gasteiger charge is -2.21. The molecule has 1 amide bonds. The predicted octanol–water partition coefficient (Wildman–Crippen LogP) is 3.93. The number of benzene rings is 2. The van der Waals surface area contributed by atoms with E-state index in [0.29, 0.717) is 21.4 Å². The Morgan fingerprint density at radius 2 is 1.83 bits per heavy atom. The van der Waals surface area contributed by atoms with E-state index < -0.39 is 22.5 Å². The normalized spacial score (nSPS) is 11.8. The molecule has 0 atom stereocenters. The van der Waals surface area contributed by atoms with Crippen LogP contribution < -0.4 is 5.43 Å². The molecule has 0 saturated heterocycles. The van der Waals surface area contributed by atoms with Crippen LogP contribution in [0.25, 0.3) is 0 Å². The summed E-state index contributed by atoms with van der Waals surface area (Å²) in [4.78, 5) is 12.4. The van der Waals surface area contributed by atoms with Crippen molar-refractivity contribution in [3.05, 3.63) is 88.3 Å². The van der Waals surface area contributed by atoms with E-state index in [-0.39, 0.29) is 11.4 Å². The highest BCUT2D eigenvalue weighted by Gasteiger charge is 2.27. The van der Waals surface area contributed by atoms with Gasteiger partial charge in [-0.05, 0) is 54.1 Å². The van der Waals surface area contributed by atoms with E-state index in [2.05, 4.69) is 10.5 Å². The third kappa shape index (κ3) is 5.93. The van der Waals surface area contributed by atoms with Crippen molar-refractivity contribution in [3.63, 3.8) is 0 Å². The topological polar surface area (TPSA) is 92.0 Å². The molecule has 0 aliphatic carbocycles. The average Bonchev–Trinajstić information content (AvgIpc) is 3.21. The molecular weight excluding hydrogens is 449 g/mol. The van der Waals surface area contributed by atoms with E-state index in [1.807, 2.05) is 0 Å². The van der Waals surface area contributed by atoms with Crippen molar-refractivity contribution in [2.24, 2.45) is 5.10 Å². The molecule has 0 aliphatic heterocycles. The Kier molecular flexibility index (Phi) is 7.28. The second-order valence-corrected chi connectivity index (χ2v) is 8.98. The fourth-order valence-electron chi connectivity index (χ4n) is 2.55. The zero-order valence-electron chi connectivity index (χ0n) is 15.5. The maximum Gasteiger partial charge on any atom is 0.255 e. The van der Waals surface area contributed by atoms with Crippen LogP contribution in [0, 0.1) is 0 Å². The Bertz CT molecular complexity index is 1130. The highest BCUT2D eigenvalue weighted by atomic mass is 35.5. The molecule has 0 unspecified atom stereocenters. The summed E-state index contributed by atoms with van der Waals surface area (Å²) in [6, 6.07) is 15.8. The van der Waals surface area contributed by atoms with Crippen LogP contribution in [0.3, 0.4) is 0 Å². The molecule has 30 heavy (non-hydrogen) atoms. The van der Waals surface area contributed by atoms with Crippen LogP contribution in [0.4, 0.5) is 0 Å². The van der Waals surface area contributed by atoms with Crippen LogP contribution in [0.5, 0.6) is 0 Å². The number of halogens is 2. The molecule has 2 aromatic carbocycles. The van der Waals surface area contributed by atoms with Crippen LogP contribution in [-0.2, 0) is 21.4 Å². The Hall–Kier alpha value is -2.65. The van der Waals surface area contributed by atoms with E-state index in [4.69, 9.17) is 27.6 Å². The van der Waals surface area contributed by atoms with Gasteiger partial charge in [0, 0.05) is 16.6 Å². The summed E-state index contributed by atoms with van der Waals surface area (Å²) >= 11 is 11.9. The van der Waals surface area contributed by atoms with Crippen LogP contribution in [0.15, 0.2) is 81.3 Å². The molecule has 156 valence electrons. The highest BCUT2D eigenvalue weighted by molar-refractivity contribution is 7.89. The average molecular weight is 466 g/mol. The first-order valence-electron chi connectivity index (χ1n) is 8.70. The maximum absolute atomic E-state index is 13.1. The van der Waals surface area contributed by atoms with Gasteiger partial charge in [0.15, 0.2) is 0 Å². The molecule has 1 heterocycles. The van der Waals surface area contributed by atoms with Crippen molar-refractivity contribution in [2.45, 2.75) is 11.4 Å². The Balaban J connectivity index is 1.81. The Morgan fingerprint density at radius 1 is 1.07 bits per heavy atom. The zero-order chi connectivity index (χ0) is 21.6. The van der Waals surface area contributed by atoms with Gasteiger partial charge >= 0.3 is 0 Å². The summed E-state index contributed by atoms with van der Waals surface area (Å²) in [6.07, 6.45) is 2.78. The number of carbonyl (C=O) groups excluding carboxylic acids is 1. The molecular formula is C20H17Cl2N3O4S. The highest BCUT2D eigenvalue weighted by Crippen LogP contribution is 2.21. The monoisotopic (exact) mass is 465 g/mol. The second kappa shape index (κ2) is 9.90. The minimum Gasteiger partial charge on any atom is -0.463 e. The number of hydrogen-bond acceptors (Lipinski definition) is 5. The third-order valence-electron chi connectivity index (χ3n) is 3.94. The zero-order valence-corrected chi connectivity index (χ0v) is 17.9. The standard InChI is InChI=1S/C20H17Cl2N3O4S/c21-16-6-8-19(9-7-16)30(27,28)25(13-15-3-1-4-17(22)11-15)14-20(26)24-23-12-18-5-2-10-29-18/h1-12H,13-14H2,(H,24,26)/b23-12-. The van der Waals surface area contributed by atoms with Crippen molar-refractivity contribution in [3.8, 4) is 0 Å². The smallest absolute Gasteiger partial charge is 0.255 e. The Morgan fingerprint density at radius 3 is 2.50 bits per heavy atom. The molecule has 1 N–H and O–H groups in total. The molecule has 1 aromatic heterocycles. The van der Waals surface area contributed by atoms with Gasteiger partial charge in [-0.2, -0.15) is 9.41 Å². The fraction of sp³-hybridized carbons (Fsp3) is 0.100. The lowest BCUT2D eigenvalue weighted by atomic mass is 10.2. The van der Waals surface area contributed by atoms with Crippen molar-refractivity contribution in [1.82, 2.24) is 9.73 Å². The molecule has 0 spiro atoms. The number of hydrogen-bond donors (Lipinski definition) is 1. The van der Waals surface area contributed by atoms with Crippen molar-refractivity contribution >= 4 is 45.3 Å². The predicted molar refractivity (Wildman–Crippen MR) is 115 cm³/mol. The molecule has 0 fully saturated rings. The van der Waals surface area contributed by atoms with Crippen LogP contribution in [-0.4, -0.2) is 31.4 Å². The van der Waals surface area contributed by atoms with E-state index >= 15 is 0 Å². The van der Waals surface area contributed by atoms with Gasteiger partial charge in [-0.15, -0.1) is 0 Å². The van der Waals surface area contributed by atoms with E-state index in [9.17, 15) is 13.2 Å². The molecule has 3 aromatic rings. The lowest BCUT2D eigenvalue weighted by Crippen LogP contribution is -2.39. The first-order chi connectivity index (χ1) is 14.3. The quantitative estimate of drug-likeness (QED) is 0.402. The van der Waals surface area contributed by atoms with Gasteiger partial charge in [0.2, 0.25) is 10.0 Å². The molecule has 10 heteroatoms. The largest absolute Gasteiger partial charge is 0.463 e. The van der Waals surface area contributed by atoms with Gasteiger partial charge in [0.25, 0.3) is 5.91 Å². The first kappa shape index (κ1) is 22.0. The summed E-state index contributed by atoms with van der Waals surface area (Å²) in [5.74, 6) is -0.169. The van der Waals surface area contributed by atoms with Gasteiger partial charge in [-0.3, -0.25) is 4.79 Å². The maximum atomic E-state index is 13.1. The molecule has 7 nitrogen and oxygen atoms in total. The minimum atomic E-state index is -3.99. The van der Waals surface area contributed by atoms with Crippen LogP contribution in [0.1, 0.15) is 11.3 Å². The molecule has 0 saturated carbocycles. The molecule has 3 rings (SSSR count). The van der Waals surface area contributed by atoms with Gasteiger partial charge in [-0.25, -0.2) is 13.8 Å². The van der Waals surface area contributed by atoms with Crippen molar-refractivity contribution in [1.29, 1.82) is 0 Å². The second-order valence-electron chi connectivity index (χ2n) is 6.17. The number of rotatable bonds is 8. The Labute approximate surface area is 184 Å². The number of hydrazone groups is 1. The van der Waals surface area contributed by atoms with E-state index in [0.717, 1.165) is 4.31 Å². The van der Waals surface area contributed by atoms with Crippen molar-refractivity contribution < 1.29 is 17.6 Å². The lowest BCUT2D eigenvalue weighted by molar-refractivity contribution is -0.121. The van der Waals surface area contributed by atoms with E-state index in [1.54, 1.807) is 36.4 Å². The van der Waals surface area contributed by atoms with Gasteiger partial charge in [0.1, 0.15) is 5.76 Å². The number of carbonyl (C=O) groups is 1. The minimum absolute atomic E-state index is 0.0146. The fourth-order valence-corrected chi connectivity index (χ4v) is 4.27. The summed E-state index contributed by atoms with van der Waals surface area (Å²) in [7, 11) is -3.99. The summed E-state index contributed by atoms with van der Waals surface area (Å²) in [6.45, 7) is -0.506. The summed E-state index contributed by atoms with van der Waals surface area (Å²) in [5.41, 5.74) is 2.93. The first-order valence-corrected chi connectivity index (χ1v) is 10.9. The summed E-state index contributed by atoms with van der Waals surface area (Å²) < 4.78 is 32.4. The van der Waals surface area contributed by atoms with Crippen LogP contribution >= 0.6 is 23.2 Å². The van der Waals surface area contributed by atoms with Gasteiger partial charge < -0.3 is 4.42 Å². The number of nitrogens with one attached hydrogen (secondary N) is 1. The molecule has 0 radical (unpaired) electrons. The third-order valence-corrected chi connectivity index (χ3v) is 6.24. The van der Waals surface area contributed by atoms with Crippen LogP contribution in [0.2, 0.25) is 10.0 Å². The number of furan rings is 1. The summed E-state index contributed by atoms with van der Waals surface area (Å²) in [5, 5.41) is 4.64. The molecule has 0 bridgehead atoms. The van der Waals surface area contributed by atoms with Gasteiger partial charge in [0.05, 0.1) is 23.9 Å². The number of sulfonamides is 1. The number of amides is 1. The van der Waals surface area contributed by atoms with Gasteiger partial charge in [-0.1, -0.05) is 35.3 Å². The van der Waals surface area contributed by atoms with E-state index in [1.165, 1.54) is 36.7 Å². The molecule has 0 aliphatic rings. The van der Waals surface area contributed by atoms with Crippen molar-refractivity contribution in [2.75, 3.05) is 6.54 Å². The number of nitrogens with zero attached hydrogens (tertiary/aromatic N) is 2.